The first kappa shape index (κ1) is 20.8. The van der Waals surface area contributed by atoms with Gasteiger partial charge < -0.3 is 14.6 Å². The molecular formula is C23H27N3O3S. The lowest BCUT2D eigenvalue weighted by atomic mass is 10.2. The zero-order chi connectivity index (χ0) is 21.1. The van der Waals surface area contributed by atoms with Crippen LogP contribution in [-0.4, -0.2) is 34.1 Å². The summed E-state index contributed by atoms with van der Waals surface area (Å²) in [5.74, 6) is 2.24. The molecule has 2 aromatic heterocycles. The Balaban J connectivity index is 1.45. The van der Waals surface area contributed by atoms with E-state index in [1.807, 2.05) is 61.4 Å². The van der Waals surface area contributed by atoms with Crippen molar-refractivity contribution in [1.82, 2.24) is 9.72 Å². The highest BCUT2D eigenvalue weighted by Crippen LogP contribution is 2.27. The number of amides is 1. The van der Waals surface area contributed by atoms with Gasteiger partial charge in [-0.15, -0.1) is 0 Å². The number of hydrogen-bond acceptors (Lipinski definition) is 5. The summed E-state index contributed by atoms with van der Waals surface area (Å²) >= 11 is 1.97. The number of hydrogen-bond donors (Lipinski definition) is 1. The Morgan fingerprint density at radius 3 is 2.73 bits per heavy atom. The monoisotopic (exact) mass is 425 g/mol. The molecule has 0 bridgehead atoms. The number of rotatable bonds is 6. The normalized spacial score (nSPS) is 14.8. The second kappa shape index (κ2) is 9.10. The maximum Gasteiger partial charge on any atom is 0.257 e. The highest BCUT2D eigenvalue weighted by Gasteiger charge is 2.19. The largest absolute Gasteiger partial charge is 0.381 e. The highest BCUT2D eigenvalue weighted by atomic mass is 32.2. The maximum absolute atomic E-state index is 13.0. The fourth-order valence-electron chi connectivity index (χ4n) is 3.80. The van der Waals surface area contributed by atoms with Gasteiger partial charge in [-0.3, -0.25) is 9.36 Å². The first-order valence-corrected chi connectivity index (χ1v) is 11.3. The number of carbonyl (C=O) groups is 1. The zero-order valence-corrected chi connectivity index (χ0v) is 18.4. The third-order valence-electron chi connectivity index (χ3n) is 5.36. The van der Waals surface area contributed by atoms with Crippen molar-refractivity contribution in [2.75, 3.05) is 18.5 Å². The van der Waals surface area contributed by atoms with E-state index in [9.17, 15) is 4.79 Å². The number of nitrogens with one attached hydrogen (secondary N) is 1. The van der Waals surface area contributed by atoms with Crippen molar-refractivity contribution in [3.63, 3.8) is 0 Å². The van der Waals surface area contributed by atoms with Crippen molar-refractivity contribution < 1.29 is 14.1 Å². The minimum Gasteiger partial charge on any atom is -0.381 e. The molecule has 158 valence electrons. The quantitative estimate of drug-likeness (QED) is 0.598. The Kier molecular flexibility index (Phi) is 6.29. The predicted octanol–water partition coefficient (Wildman–Crippen LogP) is 5.06. The van der Waals surface area contributed by atoms with E-state index in [4.69, 9.17) is 9.26 Å². The van der Waals surface area contributed by atoms with Gasteiger partial charge in [0.05, 0.1) is 5.56 Å². The molecule has 3 aromatic rings. The number of nitrogens with zero attached hydrogens (tertiary/aromatic N) is 2. The van der Waals surface area contributed by atoms with Crippen molar-refractivity contribution in [1.29, 1.82) is 0 Å². The molecule has 1 saturated heterocycles. The summed E-state index contributed by atoms with van der Waals surface area (Å²) in [6, 6.07) is 11.9. The molecule has 6 nitrogen and oxygen atoms in total. The van der Waals surface area contributed by atoms with Gasteiger partial charge in [-0.25, -0.2) is 0 Å². The van der Waals surface area contributed by atoms with Crippen LogP contribution in [0.1, 0.15) is 45.9 Å². The number of thioether (sulfide) groups is 1. The van der Waals surface area contributed by atoms with E-state index < -0.39 is 0 Å². The number of ether oxygens (including phenoxy) is 1. The first-order valence-electron chi connectivity index (χ1n) is 10.2. The predicted molar refractivity (Wildman–Crippen MR) is 120 cm³/mol. The van der Waals surface area contributed by atoms with Gasteiger partial charge >= 0.3 is 0 Å². The smallest absolute Gasteiger partial charge is 0.257 e. The molecule has 1 amide bonds. The fourth-order valence-corrected chi connectivity index (χ4v) is 4.93. The number of aryl methyl sites for hydroxylation is 2. The lowest BCUT2D eigenvalue weighted by Gasteiger charge is -2.21. The van der Waals surface area contributed by atoms with Gasteiger partial charge in [0.2, 0.25) is 0 Å². The molecule has 1 fully saturated rings. The average molecular weight is 426 g/mol. The maximum atomic E-state index is 13.0. The third-order valence-corrected chi connectivity index (χ3v) is 6.80. The van der Waals surface area contributed by atoms with Gasteiger partial charge in [-0.05, 0) is 57.4 Å². The van der Waals surface area contributed by atoms with Crippen LogP contribution in [0.25, 0.3) is 5.82 Å². The van der Waals surface area contributed by atoms with Gasteiger partial charge in [-0.2, -0.15) is 11.8 Å². The van der Waals surface area contributed by atoms with Crippen LogP contribution in [0.5, 0.6) is 0 Å². The van der Waals surface area contributed by atoms with Crippen LogP contribution in [0.15, 0.2) is 40.9 Å². The van der Waals surface area contributed by atoms with Crippen molar-refractivity contribution in [3.8, 4) is 5.82 Å². The summed E-state index contributed by atoms with van der Waals surface area (Å²) in [5.41, 5.74) is 4.44. The number of carbonyl (C=O) groups excluding carboxylic acids is 1. The van der Waals surface area contributed by atoms with E-state index in [0.717, 1.165) is 54.6 Å². The van der Waals surface area contributed by atoms with Gasteiger partial charge in [0.15, 0.2) is 5.82 Å². The third kappa shape index (κ3) is 4.63. The van der Waals surface area contributed by atoms with Crippen LogP contribution in [0, 0.1) is 20.8 Å². The van der Waals surface area contributed by atoms with Crippen molar-refractivity contribution in [2.24, 2.45) is 0 Å². The summed E-state index contributed by atoms with van der Waals surface area (Å²) in [5, 5.41) is 7.79. The Hall–Kier alpha value is -2.51. The van der Waals surface area contributed by atoms with E-state index in [-0.39, 0.29) is 5.91 Å². The van der Waals surface area contributed by atoms with Crippen molar-refractivity contribution in [3.05, 3.63) is 64.7 Å². The second-order valence-corrected chi connectivity index (χ2v) is 8.98. The van der Waals surface area contributed by atoms with E-state index in [1.165, 1.54) is 5.56 Å². The molecule has 1 aromatic carbocycles. The molecule has 1 aliphatic rings. The molecule has 0 saturated carbocycles. The molecule has 1 aliphatic heterocycles. The lowest BCUT2D eigenvalue weighted by molar-refractivity contribution is 0.1000. The lowest BCUT2D eigenvalue weighted by Crippen LogP contribution is -2.17. The SMILES string of the molecule is Cc1cc(-n2c(C)cc(C(=O)Nc3cccc(CSC4CCOCC4)c3)c2C)no1. The summed E-state index contributed by atoms with van der Waals surface area (Å²) in [6.45, 7) is 7.46. The van der Waals surface area contributed by atoms with Crippen LogP contribution < -0.4 is 5.32 Å². The highest BCUT2D eigenvalue weighted by molar-refractivity contribution is 7.99. The molecular weight excluding hydrogens is 398 g/mol. The number of aromatic nitrogens is 2. The van der Waals surface area contributed by atoms with Gasteiger partial charge in [0.1, 0.15) is 5.76 Å². The van der Waals surface area contributed by atoms with Crippen LogP contribution in [0.3, 0.4) is 0 Å². The van der Waals surface area contributed by atoms with Gasteiger partial charge in [0.25, 0.3) is 5.91 Å². The topological polar surface area (TPSA) is 69.3 Å². The molecule has 0 unspecified atom stereocenters. The zero-order valence-electron chi connectivity index (χ0n) is 17.6. The second-order valence-electron chi connectivity index (χ2n) is 7.69. The Morgan fingerprint density at radius 1 is 1.20 bits per heavy atom. The van der Waals surface area contributed by atoms with Gasteiger partial charge in [0, 0.05) is 47.4 Å². The van der Waals surface area contributed by atoms with Crippen LogP contribution >= 0.6 is 11.8 Å². The first-order chi connectivity index (χ1) is 14.5. The van der Waals surface area contributed by atoms with E-state index in [0.29, 0.717) is 16.6 Å². The van der Waals surface area contributed by atoms with Crippen molar-refractivity contribution >= 4 is 23.4 Å². The molecule has 4 rings (SSSR count). The molecule has 0 radical (unpaired) electrons. The van der Waals surface area contributed by atoms with Crippen LogP contribution in [0.4, 0.5) is 5.69 Å². The summed E-state index contributed by atoms with van der Waals surface area (Å²) < 4.78 is 12.6. The van der Waals surface area contributed by atoms with E-state index >= 15 is 0 Å². The molecule has 0 aliphatic carbocycles. The fraction of sp³-hybridized carbons (Fsp3) is 0.391. The minimum absolute atomic E-state index is 0.121. The standard InChI is InChI=1S/C23H27N3O3S/c1-15-11-21(17(3)26(15)22-12-16(2)29-25-22)23(27)24-19-6-4-5-18(13-19)14-30-20-7-9-28-10-8-20/h4-6,11-13,20H,7-10,14H2,1-3H3,(H,24,27). The Labute approximate surface area is 181 Å². The number of benzene rings is 1. The Bertz CT molecular complexity index is 1030. The van der Waals surface area contributed by atoms with Gasteiger partial charge in [-0.1, -0.05) is 17.3 Å². The molecule has 0 atom stereocenters. The molecule has 30 heavy (non-hydrogen) atoms. The van der Waals surface area contributed by atoms with Crippen LogP contribution in [0.2, 0.25) is 0 Å². The summed E-state index contributed by atoms with van der Waals surface area (Å²) in [7, 11) is 0. The molecule has 7 heteroatoms. The Morgan fingerprint density at radius 2 is 2.00 bits per heavy atom. The molecule has 1 N–H and O–H groups in total. The van der Waals surface area contributed by atoms with E-state index in [2.05, 4.69) is 22.6 Å². The molecule has 0 spiro atoms. The minimum atomic E-state index is -0.121. The summed E-state index contributed by atoms with van der Waals surface area (Å²) in [6.07, 6.45) is 2.23. The van der Waals surface area contributed by atoms with E-state index in [1.54, 1.807) is 0 Å². The number of anilines is 1. The average Bonchev–Trinajstić information content (AvgIpc) is 3.29. The van der Waals surface area contributed by atoms with Crippen molar-refractivity contribution in [2.45, 2.75) is 44.6 Å². The van der Waals surface area contributed by atoms with Crippen LogP contribution in [-0.2, 0) is 10.5 Å². The molecule has 3 heterocycles. The summed E-state index contributed by atoms with van der Waals surface area (Å²) in [4.78, 5) is 13.0.